The van der Waals surface area contributed by atoms with Crippen LogP contribution in [0.5, 0.6) is 0 Å². The molecule has 0 saturated heterocycles. The number of nitrogens with zero attached hydrogens (tertiary/aromatic N) is 1. The zero-order valence-electron chi connectivity index (χ0n) is 18.0. The molecular weight excluding hydrogens is 489 g/mol. The number of para-hydroxylation sites is 1. The summed E-state index contributed by atoms with van der Waals surface area (Å²) in [5, 5.41) is 6.54. The molecule has 0 aliphatic heterocycles. The smallest absolute Gasteiger partial charge is 0.224 e. The third kappa shape index (κ3) is 4.76. The van der Waals surface area contributed by atoms with E-state index < -0.39 is 0 Å². The number of rotatable bonds is 6. The molecule has 0 fully saturated rings. The van der Waals surface area contributed by atoms with Gasteiger partial charge in [0, 0.05) is 33.4 Å². The zero-order chi connectivity index (χ0) is 23.7. The maximum Gasteiger partial charge on any atom is 0.224 e. The molecule has 2 N–H and O–H groups in total. The van der Waals surface area contributed by atoms with E-state index in [9.17, 15) is 4.79 Å². The van der Waals surface area contributed by atoms with Gasteiger partial charge in [-0.25, -0.2) is 4.98 Å². The second-order valence-corrected chi connectivity index (χ2v) is 9.34. The van der Waals surface area contributed by atoms with Gasteiger partial charge in [-0.1, -0.05) is 59.1 Å². The van der Waals surface area contributed by atoms with Gasteiger partial charge in [0.25, 0.3) is 0 Å². The highest BCUT2D eigenvalue weighted by Crippen LogP contribution is 2.33. The Morgan fingerprint density at radius 2 is 1.76 bits per heavy atom. The van der Waals surface area contributed by atoms with Crippen LogP contribution in [0.1, 0.15) is 18.4 Å². The van der Waals surface area contributed by atoms with E-state index in [1.54, 1.807) is 18.2 Å². The largest absolute Gasteiger partial charge is 0.353 e. The average molecular weight is 509 g/mol. The highest BCUT2D eigenvalue weighted by molar-refractivity contribution is 6.42. The number of anilines is 1. The highest BCUT2D eigenvalue weighted by atomic mass is 35.5. The molecule has 5 rings (SSSR count). The maximum atomic E-state index is 12.5. The van der Waals surface area contributed by atoms with Gasteiger partial charge in [-0.3, -0.25) is 4.79 Å². The first-order valence-corrected chi connectivity index (χ1v) is 12.0. The molecule has 2 heterocycles. The van der Waals surface area contributed by atoms with Crippen LogP contribution in [0.25, 0.3) is 33.2 Å². The average Bonchev–Trinajstić information content (AvgIpc) is 3.19. The fourth-order valence-electron chi connectivity index (χ4n) is 4.13. The summed E-state index contributed by atoms with van der Waals surface area (Å²) in [5.41, 5.74) is 5.46. The van der Waals surface area contributed by atoms with E-state index >= 15 is 0 Å². The number of fused-ring (bicyclic) bond motifs is 2. The van der Waals surface area contributed by atoms with Crippen molar-refractivity contribution < 1.29 is 4.79 Å². The quantitative estimate of drug-likeness (QED) is 0.242. The number of H-pyrrole nitrogens is 1. The Kier molecular flexibility index (Phi) is 6.46. The Balaban J connectivity index is 1.39. The molecule has 0 aliphatic carbocycles. The molecule has 0 aliphatic rings. The second-order valence-electron chi connectivity index (χ2n) is 8.09. The molecular formula is C27H20Cl3N3O. The van der Waals surface area contributed by atoms with Crippen molar-refractivity contribution in [2.45, 2.75) is 19.3 Å². The molecule has 1 amide bonds. The van der Waals surface area contributed by atoms with Crippen molar-refractivity contribution in [1.29, 1.82) is 0 Å². The summed E-state index contributed by atoms with van der Waals surface area (Å²) in [5.74, 6) is -0.0818. The molecule has 0 bridgehead atoms. The Morgan fingerprint density at radius 3 is 2.62 bits per heavy atom. The van der Waals surface area contributed by atoms with E-state index in [-0.39, 0.29) is 5.91 Å². The van der Waals surface area contributed by atoms with Gasteiger partial charge in [0.2, 0.25) is 5.91 Å². The van der Waals surface area contributed by atoms with Gasteiger partial charge in [-0.15, -0.1) is 0 Å². The van der Waals surface area contributed by atoms with Crippen molar-refractivity contribution in [3.05, 3.63) is 93.4 Å². The lowest BCUT2D eigenvalue weighted by Crippen LogP contribution is -2.11. The molecule has 170 valence electrons. The van der Waals surface area contributed by atoms with E-state index in [1.807, 2.05) is 48.5 Å². The first-order valence-electron chi connectivity index (χ1n) is 10.9. The number of aromatic amines is 1. The number of aryl methyl sites for hydroxylation is 1. The van der Waals surface area contributed by atoms with Gasteiger partial charge < -0.3 is 10.3 Å². The zero-order valence-corrected chi connectivity index (χ0v) is 20.3. The first-order chi connectivity index (χ1) is 16.5. The SMILES string of the molecule is O=C(CCCc1c(-c2ccc3ccccc3n2)[nH]c2ccc(Cl)cc12)Nc1ccc(Cl)c(Cl)c1. The lowest BCUT2D eigenvalue weighted by molar-refractivity contribution is -0.116. The molecule has 3 aromatic carbocycles. The Labute approximate surface area is 211 Å². The number of amides is 1. The van der Waals surface area contributed by atoms with Gasteiger partial charge in [-0.2, -0.15) is 0 Å². The second kappa shape index (κ2) is 9.67. The number of benzene rings is 3. The van der Waals surface area contributed by atoms with Gasteiger partial charge in [0.15, 0.2) is 0 Å². The highest BCUT2D eigenvalue weighted by Gasteiger charge is 2.16. The number of hydrogen-bond donors (Lipinski definition) is 2. The Bertz CT molecular complexity index is 1530. The summed E-state index contributed by atoms with van der Waals surface area (Å²) in [7, 11) is 0. The van der Waals surface area contributed by atoms with E-state index in [0.29, 0.717) is 40.0 Å². The molecule has 0 spiro atoms. The van der Waals surface area contributed by atoms with Crippen molar-refractivity contribution in [1.82, 2.24) is 9.97 Å². The minimum absolute atomic E-state index is 0.0818. The molecule has 0 radical (unpaired) electrons. The summed E-state index contributed by atoms with van der Waals surface area (Å²) in [6.07, 6.45) is 1.71. The molecule has 0 unspecified atom stereocenters. The fourth-order valence-corrected chi connectivity index (χ4v) is 4.60. The number of aromatic nitrogens is 2. The minimum Gasteiger partial charge on any atom is -0.353 e. The molecule has 34 heavy (non-hydrogen) atoms. The fraction of sp³-hybridized carbons (Fsp3) is 0.111. The third-order valence-electron chi connectivity index (χ3n) is 5.76. The van der Waals surface area contributed by atoms with Crippen LogP contribution in [0.3, 0.4) is 0 Å². The number of carbonyl (C=O) groups is 1. The van der Waals surface area contributed by atoms with Crippen molar-refractivity contribution in [3.63, 3.8) is 0 Å². The lowest BCUT2D eigenvalue weighted by atomic mass is 10.0. The maximum absolute atomic E-state index is 12.5. The number of carbonyl (C=O) groups excluding carboxylic acids is 1. The summed E-state index contributed by atoms with van der Waals surface area (Å²) in [6.45, 7) is 0. The van der Waals surface area contributed by atoms with Crippen molar-refractivity contribution in [2.24, 2.45) is 0 Å². The summed E-state index contributed by atoms with van der Waals surface area (Å²) < 4.78 is 0. The van der Waals surface area contributed by atoms with E-state index in [2.05, 4.69) is 16.4 Å². The number of pyridine rings is 1. The number of hydrogen-bond acceptors (Lipinski definition) is 2. The van der Waals surface area contributed by atoms with E-state index in [0.717, 1.165) is 38.8 Å². The molecule has 0 atom stereocenters. The van der Waals surface area contributed by atoms with E-state index in [1.165, 1.54) is 0 Å². The molecule has 4 nitrogen and oxygen atoms in total. The van der Waals surface area contributed by atoms with Gasteiger partial charge in [0.1, 0.15) is 0 Å². The topological polar surface area (TPSA) is 57.8 Å². The van der Waals surface area contributed by atoms with Crippen LogP contribution in [-0.2, 0) is 11.2 Å². The van der Waals surface area contributed by atoms with Crippen molar-refractivity contribution in [3.8, 4) is 11.4 Å². The van der Waals surface area contributed by atoms with Crippen LogP contribution in [0, 0.1) is 0 Å². The van der Waals surface area contributed by atoms with Crippen LogP contribution in [0.2, 0.25) is 15.1 Å². The minimum atomic E-state index is -0.0818. The standard InChI is InChI=1S/C27H20Cl3N3O/c28-17-9-13-24-20(14-17)19(5-3-7-26(34)31-18-10-11-21(29)22(30)15-18)27(33-24)25-12-8-16-4-1-2-6-23(16)32-25/h1-2,4,6,8-15,33H,3,5,7H2,(H,31,34). The van der Waals surface area contributed by atoms with Crippen molar-refractivity contribution >= 4 is 68.2 Å². The lowest BCUT2D eigenvalue weighted by Gasteiger charge is -2.08. The van der Waals surface area contributed by atoms with Crippen LogP contribution in [0.15, 0.2) is 72.8 Å². The number of halogens is 3. The Morgan fingerprint density at radius 1 is 0.912 bits per heavy atom. The van der Waals surface area contributed by atoms with E-state index in [4.69, 9.17) is 39.8 Å². The predicted molar refractivity (Wildman–Crippen MR) is 142 cm³/mol. The van der Waals surface area contributed by atoms with Gasteiger partial charge >= 0.3 is 0 Å². The van der Waals surface area contributed by atoms with Gasteiger partial charge in [0.05, 0.1) is 26.9 Å². The van der Waals surface area contributed by atoms with Crippen LogP contribution >= 0.6 is 34.8 Å². The first kappa shape index (κ1) is 22.7. The van der Waals surface area contributed by atoms with Crippen molar-refractivity contribution in [2.75, 3.05) is 5.32 Å². The normalized spacial score (nSPS) is 11.3. The van der Waals surface area contributed by atoms with Crippen LogP contribution in [0.4, 0.5) is 5.69 Å². The molecule has 7 heteroatoms. The number of nitrogens with one attached hydrogen (secondary N) is 2. The molecule has 5 aromatic rings. The molecule has 2 aromatic heterocycles. The molecule has 0 saturated carbocycles. The van der Waals surface area contributed by atoms with Gasteiger partial charge in [-0.05, 0) is 66.9 Å². The monoisotopic (exact) mass is 507 g/mol. The summed E-state index contributed by atoms with van der Waals surface area (Å²) >= 11 is 18.3. The third-order valence-corrected chi connectivity index (χ3v) is 6.73. The Hall–Kier alpha value is -3.05. The predicted octanol–water partition coefficient (Wildman–Crippen LogP) is 8.30. The van der Waals surface area contributed by atoms with Crippen LogP contribution in [-0.4, -0.2) is 15.9 Å². The van der Waals surface area contributed by atoms with Crippen LogP contribution < -0.4 is 5.32 Å². The summed E-state index contributed by atoms with van der Waals surface area (Å²) in [6, 6.07) is 23.0. The summed E-state index contributed by atoms with van der Waals surface area (Å²) in [4.78, 5) is 20.9.